The molecule has 1 aromatic rings. The van der Waals surface area contributed by atoms with Crippen LogP contribution in [0.15, 0.2) is 18.2 Å². The van der Waals surface area contributed by atoms with Gasteiger partial charge in [-0.25, -0.2) is 18.4 Å². The van der Waals surface area contributed by atoms with Crippen molar-refractivity contribution in [2.45, 2.75) is 6.43 Å². The first-order chi connectivity index (χ1) is 8.41. The van der Waals surface area contributed by atoms with Crippen LogP contribution in [0.25, 0.3) is 0 Å². The van der Waals surface area contributed by atoms with Gasteiger partial charge in [-0.1, -0.05) is 6.07 Å². The number of phenols is 1. The van der Waals surface area contributed by atoms with Crippen molar-refractivity contribution < 1.29 is 28.6 Å². The molecular weight excluding hydrogens is 250 g/mol. The number of urea groups is 1. The molecule has 0 saturated heterocycles. The van der Waals surface area contributed by atoms with Crippen molar-refractivity contribution in [3.63, 3.8) is 0 Å². The Kier molecular flexibility index (Phi) is 4.41. The summed E-state index contributed by atoms with van der Waals surface area (Å²) in [5.41, 5.74) is -0.580. The van der Waals surface area contributed by atoms with Crippen LogP contribution in [0, 0.1) is 0 Å². The van der Waals surface area contributed by atoms with Gasteiger partial charge in [0.05, 0.1) is 12.2 Å². The van der Waals surface area contributed by atoms with Crippen LogP contribution in [0.4, 0.5) is 19.3 Å². The maximum Gasteiger partial charge on any atom is 0.339 e. The molecule has 0 atom stereocenters. The minimum Gasteiger partial charge on any atom is -0.505 e. The number of anilines is 1. The number of alkyl halides is 2. The number of benzene rings is 1. The molecule has 0 heterocycles. The summed E-state index contributed by atoms with van der Waals surface area (Å²) in [6.07, 6.45) is -2.70. The molecule has 0 aliphatic rings. The first kappa shape index (κ1) is 13.7. The molecule has 8 heteroatoms. The van der Waals surface area contributed by atoms with Crippen LogP contribution in [0.2, 0.25) is 0 Å². The van der Waals surface area contributed by atoms with Gasteiger partial charge in [-0.2, -0.15) is 0 Å². The fourth-order valence-electron chi connectivity index (χ4n) is 1.15. The normalized spacial score (nSPS) is 10.2. The number of halogens is 2. The molecule has 98 valence electrons. The number of nitrogens with one attached hydrogen (secondary N) is 2. The maximum atomic E-state index is 11.8. The summed E-state index contributed by atoms with van der Waals surface area (Å²) in [4.78, 5) is 21.8. The van der Waals surface area contributed by atoms with Crippen LogP contribution < -0.4 is 10.6 Å². The Labute approximate surface area is 100 Å². The molecule has 2 amide bonds. The third-order valence-corrected chi connectivity index (χ3v) is 1.93. The van der Waals surface area contributed by atoms with Gasteiger partial charge in [0.15, 0.2) is 5.75 Å². The predicted molar refractivity (Wildman–Crippen MR) is 58.1 cm³/mol. The average molecular weight is 260 g/mol. The molecule has 6 nitrogen and oxygen atoms in total. The van der Waals surface area contributed by atoms with Gasteiger partial charge < -0.3 is 20.8 Å². The lowest BCUT2D eigenvalue weighted by atomic mass is 10.2. The Morgan fingerprint density at radius 2 is 2.00 bits per heavy atom. The van der Waals surface area contributed by atoms with E-state index in [2.05, 4.69) is 5.32 Å². The molecule has 1 aromatic carbocycles. The SMILES string of the molecule is O=C(NCC(F)F)Nc1cccc(C(=O)O)c1O. The number of hydrogen-bond acceptors (Lipinski definition) is 3. The summed E-state index contributed by atoms with van der Waals surface area (Å²) in [5, 5.41) is 22.1. The van der Waals surface area contributed by atoms with E-state index in [0.29, 0.717) is 0 Å². The molecule has 1 rings (SSSR count). The highest BCUT2D eigenvalue weighted by molar-refractivity contribution is 5.97. The molecule has 0 unspecified atom stereocenters. The first-order valence-electron chi connectivity index (χ1n) is 4.80. The van der Waals surface area contributed by atoms with Crippen molar-refractivity contribution in [2.24, 2.45) is 0 Å². The topological polar surface area (TPSA) is 98.7 Å². The number of carboxylic acids is 1. The highest BCUT2D eigenvalue weighted by Gasteiger charge is 2.14. The molecule has 18 heavy (non-hydrogen) atoms. The van der Waals surface area contributed by atoms with Gasteiger partial charge in [-0.15, -0.1) is 0 Å². The monoisotopic (exact) mass is 260 g/mol. The summed E-state index contributed by atoms with van der Waals surface area (Å²) in [7, 11) is 0. The van der Waals surface area contributed by atoms with E-state index in [1.54, 1.807) is 0 Å². The molecule has 0 radical (unpaired) electrons. The van der Waals surface area contributed by atoms with Crippen molar-refractivity contribution in [1.29, 1.82) is 0 Å². The molecule has 0 aliphatic heterocycles. The summed E-state index contributed by atoms with van der Waals surface area (Å²) in [6, 6.07) is 2.71. The minimum atomic E-state index is -2.70. The Bertz CT molecular complexity index is 465. The van der Waals surface area contributed by atoms with Crippen molar-refractivity contribution >= 4 is 17.7 Å². The number of rotatable bonds is 4. The third-order valence-electron chi connectivity index (χ3n) is 1.93. The van der Waals surface area contributed by atoms with Gasteiger partial charge in [-0.3, -0.25) is 0 Å². The van der Waals surface area contributed by atoms with Crippen molar-refractivity contribution in [3.05, 3.63) is 23.8 Å². The number of para-hydroxylation sites is 1. The van der Waals surface area contributed by atoms with E-state index in [4.69, 9.17) is 5.11 Å². The van der Waals surface area contributed by atoms with Crippen molar-refractivity contribution in [1.82, 2.24) is 5.32 Å². The number of aromatic carboxylic acids is 1. The van der Waals surface area contributed by atoms with Crippen LogP contribution in [0.3, 0.4) is 0 Å². The zero-order valence-electron chi connectivity index (χ0n) is 8.98. The summed E-state index contributed by atoms with van der Waals surface area (Å²) in [5.74, 6) is -2.01. The predicted octanol–water partition coefficient (Wildman–Crippen LogP) is 1.48. The molecular formula is C10H10F2N2O4. The second-order valence-corrected chi connectivity index (χ2v) is 3.23. The quantitative estimate of drug-likeness (QED) is 0.616. The number of carbonyl (C=O) groups is 2. The fraction of sp³-hybridized carbons (Fsp3) is 0.200. The Hall–Kier alpha value is -2.38. The van der Waals surface area contributed by atoms with Gasteiger partial charge >= 0.3 is 12.0 Å². The molecule has 0 saturated carbocycles. The van der Waals surface area contributed by atoms with E-state index in [0.717, 1.165) is 6.07 Å². The van der Waals surface area contributed by atoms with E-state index >= 15 is 0 Å². The Morgan fingerprint density at radius 1 is 1.33 bits per heavy atom. The Morgan fingerprint density at radius 3 is 2.56 bits per heavy atom. The van der Waals surface area contributed by atoms with E-state index in [9.17, 15) is 23.5 Å². The summed E-state index contributed by atoms with van der Waals surface area (Å²) >= 11 is 0. The van der Waals surface area contributed by atoms with Crippen LogP contribution >= 0.6 is 0 Å². The highest BCUT2D eigenvalue weighted by atomic mass is 19.3. The number of amides is 2. The van der Waals surface area contributed by atoms with Crippen LogP contribution in [0.5, 0.6) is 5.75 Å². The summed E-state index contributed by atoms with van der Waals surface area (Å²) in [6.45, 7) is -0.842. The largest absolute Gasteiger partial charge is 0.505 e. The van der Waals surface area contributed by atoms with E-state index in [1.165, 1.54) is 12.1 Å². The minimum absolute atomic E-state index is 0.179. The number of aromatic hydroxyl groups is 1. The highest BCUT2D eigenvalue weighted by Crippen LogP contribution is 2.27. The standard InChI is InChI=1S/C10H10F2N2O4/c11-7(12)4-13-10(18)14-6-3-1-2-5(8(6)15)9(16)17/h1-3,7,15H,4H2,(H,16,17)(H2,13,14,18). The van der Waals surface area contributed by atoms with Gasteiger partial charge in [0.1, 0.15) is 5.56 Å². The lowest BCUT2D eigenvalue weighted by Crippen LogP contribution is -2.32. The van der Waals surface area contributed by atoms with E-state index in [-0.39, 0.29) is 5.69 Å². The first-order valence-corrected chi connectivity index (χ1v) is 4.80. The van der Waals surface area contributed by atoms with Gasteiger partial charge in [-0.05, 0) is 12.1 Å². The third kappa shape index (κ3) is 3.58. The number of carboxylic acid groups (broad SMARTS) is 1. The maximum absolute atomic E-state index is 11.8. The zero-order valence-corrected chi connectivity index (χ0v) is 8.98. The molecule has 4 N–H and O–H groups in total. The molecule has 0 aliphatic carbocycles. The second-order valence-electron chi connectivity index (χ2n) is 3.23. The smallest absolute Gasteiger partial charge is 0.339 e. The van der Waals surface area contributed by atoms with Crippen LogP contribution in [-0.4, -0.2) is 35.2 Å². The average Bonchev–Trinajstić information content (AvgIpc) is 2.29. The number of hydrogen-bond donors (Lipinski definition) is 4. The molecule has 0 bridgehead atoms. The van der Waals surface area contributed by atoms with Gasteiger partial charge in [0.25, 0.3) is 6.43 Å². The van der Waals surface area contributed by atoms with Crippen molar-refractivity contribution in [2.75, 3.05) is 11.9 Å². The van der Waals surface area contributed by atoms with E-state index in [1.807, 2.05) is 5.32 Å². The number of carbonyl (C=O) groups excluding carboxylic acids is 1. The van der Waals surface area contributed by atoms with Gasteiger partial charge in [0.2, 0.25) is 0 Å². The molecule has 0 spiro atoms. The van der Waals surface area contributed by atoms with Gasteiger partial charge in [0, 0.05) is 0 Å². The van der Waals surface area contributed by atoms with Crippen molar-refractivity contribution in [3.8, 4) is 5.75 Å². The second kappa shape index (κ2) is 5.80. The Balaban J connectivity index is 2.76. The zero-order chi connectivity index (χ0) is 13.7. The fourth-order valence-corrected chi connectivity index (χ4v) is 1.15. The van der Waals surface area contributed by atoms with E-state index < -0.39 is 36.3 Å². The lowest BCUT2D eigenvalue weighted by molar-refractivity contribution is 0.0693. The lowest BCUT2D eigenvalue weighted by Gasteiger charge is -2.09. The van der Waals surface area contributed by atoms with Crippen LogP contribution in [-0.2, 0) is 0 Å². The summed E-state index contributed by atoms with van der Waals surface area (Å²) < 4.78 is 23.6. The van der Waals surface area contributed by atoms with Crippen LogP contribution in [0.1, 0.15) is 10.4 Å². The molecule has 0 aromatic heterocycles. The molecule has 0 fully saturated rings.